The zero-order valence-corrected chi connectivity index (χ0v) is 17.0. The number of hydrogen-bond donors (Lipinski definition) is 0. The Morgan fingerprint density at radius 1 is 0.893 bits per heavy atom. The number of hydrogen-bond acceptors (Lipinski definition) is 5. The van der Waals surface area contributed by atoms with Crippen molar-refractivity contribution in [2.45, 2.75) is 0 Å². The lowest BCUT2D eigenvalue weighted by Crippen LogP contribution is -2.15. The summed E-state index contributed by atoms with van der Waals surface area (Å²) in [5.74, 6) is -1.58. The minimum Gasteiger partial charge on any atom is -0.465 e. The molecule has 0 saturated carbocycles. The van der Waals surface area contributed by atoms with Crippen LogP contribution in [0.25, 0.3) is 16.9 Å². The van der Waals surface area contributed by atoms with Gasteiger partial charge in [-0.25, -0.2) is 14.3 Å². The van der Waals surface area contributed by atoms with E-state index in [1.54, 1.807) is 30.3 Å². The molecule has 3 aromatic rings. The largest absolute Gasteiger partial charge is 0.465 e. The van der Waals surface area contributed by atoms with Crippen LogP contribution in [0.15, 0.2) is 42.5 Å². The van der Waals surface area contributed by atoms with Crippen LogP contribution in [0.5, 0.6) is 0 Å². The van der Waals surface area contributed by atoms with E-state index in [1.807, 2.05) is 0 Å². The SMILES string of the molecule is COC(=O)c1c(-c2c(Cl)ccc(Cl)c2Cl)nn(-c2ccccc2)c1C(=O)OC. The molecule has 0 aliphatic carbocycles. The molecule has 2 aromatic carbocycles. The van der Waals surface area contributed by atoms with E-state index in [2.05, 4.69) is 5.10 Å². The molecule has 0 fully saturated rings. The quantitative estimate of drug-likeness (QED) is 0.419. The van der Waals surface area contributed by atoms with Gasteiger partial charge in [0, 0.05) is 5.56 Å². The van der Waals surface area contributed by atoms with Crippen LogP contribution >= 0.6 is 34.8 Å². The molecule has 9 heteroatoms. The molecule has 0 aliphatic rings. The molecule has 0 N–H and O–H groups in total. The van der Waals surface area contributed by atoms with Crippen molar-refractivity contribution in [2.24, 2.45) is 0 Å². The zero-order chi connectivity index (χ0) is 20.4. The van der Waals surface area contributed by atoms with Gasteiger partial charge in [-0.15, -0.1) is 0 Å². The van der Waals surface area contributed by atoms with Gasteiger partial charge in [0.1, 0.15) is 11.3 Å². The van der Waals surface area contributed by atoms with Gasteiger partial charge in [0.15, 0.2) is 5.69 Å². The molecule has 0 spiro atoms. The second-order valence-corrected chi connectivity index (χ2v) is 6.71. The smallest absolute Gasteiger partial charge is 0.357 e. The third-order valence-electron chi connectivity index (χ3n) is 3.94. The highest BCUT2D eigenvalue weighted by Gasteiger charge is 2.33. The van der Waals surface area contributed by atoms with E-state index in [4.69, 9.17) is 44.3 Å². The van der Waals surface area contributed by atoms with Crippen molar-refractivity contribution in [1.82, 2.24) is 9.78 Å². The molecule has 3 rings (SSSR count). The minimum atomic E-state index is -0.801. The Morgan fingerprint density at radius 2 is 1.50 bits per heavy atom. The maximum absolute atomic E-state index is 12.6. The highest BCUT2D eigenvalue weighted by Crippen LogP contribution is 2.41. The predicted molar refractivity (Wildman–Crippen MR) is 107 cm³/mol. The first-order valence-corrected chi connectivity index (χ1v) is 9.03. The summed E-state index contributed by atoms with van der Waals surface area (Å²) in [7, 11) is 2.39. The topological polar surface area (TPSA) is 70.4 Å². The summed E-state index contributed by atoms with van der Waals surface area (Å²) in [6.45, 7) is 0. The van der Waals surface area contributed by atoms with E-state index >= 15 is 0 Å². The minimum absolute atomic E-state index is 0.0496. The number of nitrogens with zero attached hydrogens (tertiary/aromatic N) is 2. The summed E-state index contributed by atoms with van der Waals surface area (Å²) in [6, 6.07) is 11.8. The molecule has 0 amide bonds. The maximum Gasteiger partial charge on any atom is 0.357 e. The Kier molecular flexibility index (Phi) is 5.93. The van der Waals surface area contributed by atoms with E-state index in [1.165, 1.54) is 31.0 Å². The number of halogens is 3. The normalized spacial score (nSPS) is 10.6. The second kappa shape index (κ2) is 8.22. The molecule has 0 aliphatic heterocycles. The number of esters is 2. The summed E-state index contributed by atoms with van der Waals surface area (Å²) in [5.41, 5.74) is 0.519. The fourth-order valence-electron chi connectivity index (χ4n) is 2.67. The summed E-state index contributed by atoms with van der Waals surface area (Å²) in [6.07, 6.45) is 0. The number of aromatic nitrogens is 2. The predicted octanol–water partition coefficient (Wildman–Crippen LogP) is 5.07. The van der Waals surface area contributed by atoms with Crippen LogP contribution in [0.3, 0.4) is 0 Å². The number of benzene rings is 2. The molecule has 0 unspecified atom stereocenters. The van der Waals surface area contributed by atoms with E-state index in [0.717, 1.165) is 0 Å². The third kappa shape index (κ3) is 3.46. The maximum atomic E-state index is 12.6. The summed E-state index contributed by atoms with van der Waals surface area (Å²) in [5, 5.41) is 4.95. The molecule has 28 heavy (non-hydrogen) atoms. The van der Waals surface area contributed by atoms with Crippen LogP contribution in [0.1, 0.15) is 20.8 Å². The first-order chi connectivity index (χ1) is 13.4. The Balaban J connectivity index is 2.45. The zero-order valence-electron chi connectivity index (χ0n) is 14.7. The lowest BCUT2D eigenvalue weighted by Gasteiger charge is -2.08. The van der Waals surface area contributed by atoms with Crippen molar-refractivity contribution in [3.63, 3.8) is 0 Å². The second-order valence-electron chi connectivity index (χ2n) is 5.52. The van der Waals surface area contributed by atoms with Crippen LogP contribution in [-0.4, -0.2) is 35.9 Å². The number of methoxy groups -OCH3 is 2. The van der Waals surface area contributed by atoms with Crippen LogP contribution in [-0.2, 0) is 9.47 Å². The number of rotatable bonds is 4. The third-order valence-corrected chi connectivity index (χ3v) is 5.05. The van der Waals surface area contributed by atoms with Crippen molar-refractivity contribution in [1.29, 1.82) is 0 Å². The van der Waals surface area contributed by atoms with Gasteiger partial charge in [0.25, 0.3) is 0 Å². The van der Waals surface area contributed by atoms with Gasteiger partial charge in [-0.2, -0.15) is 5.10 Å². The number of ether oxygens (including phenoxy) is 2. The van der Waals surface area contributed by atoms with E-state index in [9.17, 15) is 9.59 Å². The highest BCUT2D eigenvalue weighted by molar-refractivity contribution is 6.46. The summed E-state index contributed by atoms with van der Waals surface area (Å²) in [4.78, 5) is 25.1. The summed E-state index contributed by atoms with van der Waals surface area (Å²) < 4.78 is 11.0. The highest BCUT2D eigenvalue weighted by atomic mass is 35.5. The Morgan fingerprint density at radius 3 is 2.11 bits per heavy atom. The lowest BCUT2D eigenvalue weighted by atomic mass is 10.1. The Labute approximate surface area is 175 Å². The molecule has 1 heterocycles. The molecular formula is C19H13Cl3N2O4. The molecule has 0 atom stereocenters. The van der Waals surface area contributed by atoms with Gasteiger partial charge in [-0.05, 0) is 24.3 Å². The first-order valence-electron chi connectivity index (χ1n) is 7.89. The Hall–Kier alpha value is -2.54. The molecule has 1 aromatic heterocycles. The summed E-state index contributed by atoms with van der Waals surface area (Å²) >= 11 is 18.8. The van der Waals surface area contributed by atoms with Crippen LogP contribution in [0, 0.1) is 0 Å². The first kappa shape index (κ1) is 20.2. The molecule has 144 valence electrons. The number of carbonyl (C=O) groups is 2. The van der Waals surface area contributed by atoms with Crippen LogP contribution < -0.4 is 0 Å². The van der Waals surface area contributed by atoms with Crippen molar-refractivity contribution in [3.8, 4) is 16.9 Å². The van der Waals surface area contributed by atoms with Gasteiger partial charge in [-0.3, -0.25) is 0 Å². The van der Waals surface area contributed by atoms with Gasteiger partial charge in [-0.1, -0.05) is 53.0 Å². The van der Waals surface area contributed by atoms with Crippen molar-refractivity contribution in [3.05, 3.63) is 68.8 Å². The molecule has 6 nitrogen and oxygen atoms in total. The van der Waals surface area contributed by atoms with Gasteiger partial charge in [0.2, 0.25) is 0 Å². The molecule has 0 saturated heterocycles. The standard InChI is InChI=1S/C19H13Cl3N2O4/c1-27-18(25)14-16(13-11(20)8-9-12(21)15(13)22)23-24(17(14)19(26)28-2)10-6-4-3-5-7-10/h3-9H,1-2H3. The van der Waals surface area contributed by atoms with E-state index < -0.39 is 11.9 Å². The molecular weight excluding hydrogens is 427 g/mol. The average Bonchev–Trinajstić information content (AvgIpc) is 3.10. The molecule has 0 radical (unpaired) electrons. The van der Waals surface area contributed by atoms with E-state index in [0.29, 0.717) is 5.69 Å². The van der Waals surface area contributed by atoms with Crippen LogP contribution in [0.4, 0.5) is 0 Å². The van der Waals surface area contributed by atoms with Gasteiger partial charge in [0.05, 0.1) is 35.0 Å². The van der Waals surface area contributed by atoms with Gasteiger partial charge < -0.3 is 9.47 Å². The number of para-hydroxylation sites is 1. The fraction of sp³-hybridized carbons (Fsp3) is 0.105. The van der Waals surface area contributed by atoms with E-state index in [-0.39, 0.29) is 37.6 Å². The van der Waals surface area contributed by atoms with Crippen molar-refractivity contribution in [2.75, 3.05) is 14.2 Å². The van der Waals surface area contributed by atoms with Gasteiger partial charge >= 0.3 is 11.9 Å². The van der Waals surface area contributed by atoms with Crippen molar-refractivity contribution < 1.29 is 19.1 Å². The number of carbonyl (C=O) groups excluding carboxylic acids is 2. The Bertz CT molecular complexity index is 1060. The van der Waals surface area contributed by atoms with Crippen LogP contribution in [0.2, 0.25) is 15.1 Å². The monoisotopic (exact) mass is 438 g/mol. The fourth-order valence-corrected chi connectivity index (χ4v) is 3.38. The lowest BCUT2D eigenvalue weighted by molar-refractivity contribution is 0.0549. The average molecular weight is 440 g/mol. The van der Waals surface area contributed by atoms with Crippen molar-refractivity contribution >= 4 is 46.7 Å². The molecule has 0 bridgehead atoms.